The van der Waals surface area contributed by atoms with Crippen molar-refractivity contribution in [2.24, 2.45) is 0 Å². The third kappa shape index (κ3) is 2.62. The van der Waals surface area contributed by atoms with Gasteiger partial charge in [-0.05, 0) is 25.0 Å². The Morgan fingerprint density at radius 3 is 2.53 bits per heavy atom. The molecule has 0 unspecified atom stereocenters. The second-order valence-corrected chi connectivity index (χ2v) is 5.66. The molecular weight excluding hydrogens is 242 g/mol. The van der Waals surface area contributed by atoms with E-state index in [0.29, 0.717) is 13.1 Å². The summed E-state index contributed by atoms with van der Waals surface area (Å²) in [7, 11) is -3.53. The number of benzene rings is 1. The van der Waals surface area contributed by atoms with Crippen molar-refractivity contribution in [2.75, 3.05) is 23.5 Å². The fraction of sp³-hybridized carbons (Fsp3) is 0.400. The lowest BCUT2D eigenvalue weighted by Crippen LogP contribution is -2.33. The highest BCUT2D eigenvalue weighted by Crippen LogP contribution is 2.25. The molecule has 0 spiro atoms. The number of nitrogen functional groups attached to an aromatic ring is 1. The van der Waals surface area contributed by atoms with E-state index in [4.69, 9.17) is 5.73 Å². The van der Waals surface area contributed by atoms with E-state index in [2.05, 4.69) is 4.72 Å². The van der Waals surface area contributed by atoms with E-state index >= 15 is 0 Å². The monoisotopic (exact) mass is 257 g/mol. The standard InChI is InChI=1S/C10H15N3O3S/c11-9-7-8(14)3-4-10(9)12-17(15,16)13-5-1-2-6-13/h3-4,7,12,14H,1-2,5-6,11H2. The number of aromatic hydroxyl groups is 1. The minimum atomic E-state index is -3.53. The predicted octanol–water partition coefficient (Wildman–Crippen LogP) is 0.727. The smallest absolute Gasteiger partial charge is 0.301 e. The van der Waals surface area contributed by atoms with E-state index < -0.39 is 10.2 Å². The highest BCUT2D eigenvalue weighted by atomic mass is 32.2. The summed E-state index contributed by atoms with van der Waals surface area (Å²) in [6.07, 6.45) is 1.76. The van der Waals surface area contributed by atoms with Gasteiger partial charge in [-0.2, -0.15) is 12.7 Å². The molecule has 0 aliphatic carbocycles. The van der Waals surface area contributed by atoms with Gasteiger partial charge in [-0.3, -0.25) is 4.72 Å². The van der Waals surface area contributed by atoms with Crippen LogP contribution in [0.15, 0.2) is 18.2 Å². The average molecular weight is 257 g/mol. The Bertz CT molecular complexity index is 510. The van der Waals surface area contributed by atoms with Crippen LogP contribution in [0.5, 0.6) is 5.75 Å². The zero-order chi connectivity index (χ0) is 12.5. The number of phenols is 1. The van der Waals surface area contributed by atoms with Crippen molar-refractivity contribution in [3.05, 3.63) is 18.2 Å². The molecule has 1 heterocycles. The number of hydrogen-bond donors (Lipinski definition) is 3. The Hall–Kier alpha value is -1.47. The lowest BCUT2D eigenvalue weighted by atomic mass is 10.2. The molecular formula is C10H15N3O3S. The molecule has 7 heteroatoms. The van der Waals surface area contributed by atoms with Crippen molar-refractivity contribution in [1.82, 2.24) is 4.31 Å². The summed E-state index contributed by atoms with van der Waals surface area (Å²) >= 11 is 0. The van der Waals surface area contributed by atoms with Crippen molar-refractivity contribution >= 4 is 21.6 Å². The molecule has 1 aliphatic heterocycles. The molecule has 0 saturated carbocycles. The van der Waals surface area contributed by atoms with E-state index in [9.17, 15) is 13.5 Å². The van der Waals surface area contributed by atoms with Gasteiger partial charge in [0.25, 0.3) is 0 Å². The van der Waals surface area contributed by atoms with Crippen molar-refractivity contribution in [1.29, 1.82) is 0 Å². The molecule has 0 amide bonds. The Kier molecular flexibility index (Phi) is 3.12. The maximum atomic E-state index is 11.9. The number of phenolic OH excluding ortho intramolecular Hbond substituents is 1. The molecule has 1 fully saturated rings. The van der Waals surface area contributed by atoms with Crippen LogP contribution in [0.1, 0.15) is 12.8 Å². The van der Waals surface area contributed by atoms with Crippen LogP contribution in [-0.2, 0) is 10.2 Å². The summed E-state index contributed by atoms with van der Waals surface area (Å²) < 4.78 is 27.7. The van der Waals surface area contributed by atoms with Crippen LogP contribution in [0.2, 0.25) is 0 Å². The van der Waals surface area contributed by atoms with Gasteiger partial charge in [0.15, 0.2) is 0 Å². The number of nitrogens with one attached hydrogen (secondary N) is 1. The van der Waals surface area contributed by atoms with Gasteiger partial charge in [-0.15, -0.1) is 0 Å². The fourth-order valence-electron chi connectivity index (χ4n) is 1.78. The van der Waals surface area contributed by atoms with Crippen LogP contribution >= 0.6 is 0 Å². The van der Waals surface area contributed by atoms with Gasteiger partial charge in [0.2, 0.25) is 0 Å². The van der Waals surface area contributed by atoms with E-state index in [1.807, 2.05) is 0 Å². The van der Waals surface area contributed by atoms with Crippen molar-refractivity contribution in [2.45, 2.75) is 12.8 Å². The first-order chi connectivity index (χ1) is 7.99. The SMILES string of the molecule is Nc1cc(O)ccc1NS(=O)(=O)N1CCCC1. The number of rotatable bonds is 3. The van der Waals surface area contributed by atoms with E-state index in [1.54, 1.807) is 0 Å². The van der Waals surface area contributed by atoms with Gasteiger partial charge in [-0.25, -0.2) is 0 Å². The maximum absolute atomic E-state index is 11.9. The van der Waals surface area contributed by atoms with Crippen LogP contribution < -0.4 is 10.5 Å². The molecule has 17 heavy (non-hydrogen) atoms. The lowest BCUT2D eigenvalue weighted by molar-refractivity contribution is 0.475. The fourth-order valence-corrected chi connectivity index (χ4v) is 3.11. The molecule has 6 nitrogen and oxygen atoms in total. The minimum Gasteiger partial charge on any atom is -0.508 e. The van der Waals surface area contributed by atoms with Crippen molar-refractivity contribution < 1.29 is 13.5 Å². The average Bonchev–Trinajstić information content (AvgIpc) is 2.76. The molecule has 1 aromatic rings. The normalized spacial score (nSPS) is 17.2. The van der Waals surface area contributed by atoms with E-state index in [1.165, 1.54) is 22.5 Å². The first kappa shape index (κ1) is 12.0. The molecule has 0 bridgehead atoms. The molecule has 1 aliphatic rings. The van der Waals surface area contributed by atoms with Crippen LogP contribution in [0.3, 0.4) is 0 Å². The van der Waals surface area contributed by atoms with Crippen LogP contribution in [0.4, 0.5) is 11.4 Å². The predicted molar refractivity (Wildman–Crippen MR) is 65.9 cm³/mol. The number of nitrogens with zero attached hydrogens (tertiary/aromatic N) is 1. The lowest BCUT2D eigenvalue weighted by Gasteiger charge is -2.17. The quantitative estimate of drug-likeness (QED) is 0.549. The van der Waals surface area contributed by atoms with Gasteiger partial charge in [0.1, 0.15) is 5.75 Å². The van der Waals surface area contributed by atoms with E-state index in [-0.39, 0.29) is 17.1 Å². The molecule has 0 atom stereocenters. The molecule has 94 valence electrons. The van der Waals surface area contributed by atoms with Crippen molar-refractivity contribution in [3.63, 3.8) is 0 Å². The molecule has 1 saturated heterocycles. The summed E-state index contributed by atoms with van der Waals surface area (Å²) in [5.74, 6) is 0.00613. The molecule has 0 aromatic heterocycles. The summed E-state index contributed by atoms with van der Waals surface area (Å²) in [5, 5.41) is 9.18. The van der Waals surface area contributed by atoms with Gasteiger partial charge >= 0.3 is 10.2 Å². The minimum absolute atomic E-state index is 0.00613. The third-order valence-corrected chi connectivity index (χ3v) is 4.20. The number of nitrogens with two attached hydrogens (primary N) is 1. The van der Waals surface area contributed by atoms with Crippen molar-refractivity contribution in [3.8, 4) is 5.75 Å². The Labute approximate surface area is 100 Å². The van der Waals surface area contributed by atoms with Crippen LogP contribution in [-0.4, -0.2) is 30.9 Å². The first-order valence-electron chi connectivity index (χ1n) is 5.35. The number of anilines is 2. The Morgan fingerprint density at radius 1 is 1.29 bits per heavy atom. The second kappa shape index (κ2) is 4.42. The van der Waals surface area contributed by atoms with Gasteiger partial charge in [0.05, 0.1) is 11.4 Å². The molecule has 0 radical (unpaired) electrons. The summed E-state index contributed by atoms with van der Waals surface area (Å²) in [6.45, 7) is 1.07. The van der Waals surface area contributed by atoms with Gasteiger partial charge in [0, 0.05) is 19.2 Å². The molecule has 1 aromatic carbocycles. The van der Waals surface area contributed by atoms with Gasteiger partial charge in [-0.1, -0.05) is 0 Å². The summed E-state index contributed by atoms with van der Waals surface area (Å²) in [6, 6.07) is 4.14. The Balaban J connectivity index is 2.19. The second-order valence-electron chi connectivity index (χ2n) is 3.98. The summed E-state index contributed by atoms with van der Waals surface area (Å²) in [5.41, 5.74) is 6.11. The van der Waals surface area contributed by atoms with Gasteiger partial charge < -0.3 is 10.8 Å². The molecule has 4 N–H and O–H groups in total. The highest BCUT2D eigenvalue weighted by molar-refractivity contribution is 7.90. The van der Waals surface area contributed by atoms with Crippen LogP contribution in [0, 0.1) is 0 Å². The third-order valence-electron chi connectivity index (χ3n) is 2.68. The Morgan fingerprint density at radius 2 is 1.94 bits per heavy atom. The summed E-state index contributed by atoms with van der Waals surface area (Å²) in [4.78, 5) is 0. The zero-order valence-electron chi connectivity index (χ0n) is 9.26. The topological polar surface area (TPSA) is 95.7 Å². The first-order valence-corrected chi connectivity index (χ1v) is 6.79. The van der Waals surface area contributed by atoms with Crippen LogP contribution in [0.25, 0.3) is 0 Å². The number of hydrogen-bond acceptors (Lipinski definition) is 4. The molecule has 2 rings (SSSR count). The highest BCUT2D eigenvalue weighted by Gasteiger charge is 2.25. The largest absolute Gasteiger partial charge is 0.508 e. The van der Waals surface area contributed by atoms with E-state index in [0.717, 1.165) is 12.8 Å². The zero-order valence-corrected chi connectivity index (χ0v) is 10.1. The maximum Gasteiger partial charge on any atom is 0.301 e.